The molecule has 3 aromatic carbocycles. The molecule has 0 unspecified atom stereocenters. The molecule has 36 heavy (non-hydrogen) atoms. The average molecular weight is 482 g/mol. The lowest BCUT2D eigenvalue weighted by molar-refractivity contribution is -0.384. The summed E-state index contributed by atoms with van der Waals surface area (Å²) in [6.07, 6.45) is 1.15. The molecule has 0 bridgehead atoms. The predicted molar refractivity (Wildman–Crippen MR) is 139 cm³/mol. The highest BCUT2D eigenvalue weighted by Crippen LogP contribution is 2.48. The van der Waals surface area contributed by atoms with E-state index in [1.807, 2.05) is 54.6 Å². The molecule has 1 N–H and O–H groups in total. The number of Topliss-reactive ketones (excluding diaryl/α,β-unsaturated/α-hetero) is 1. The van der Waals surface area contributed by atoms with Crippen LogP contribution >= 0.6 is 0 Å². The van der Waals surface area contributed by atoms with Crippen LogP contribution in [0.5, 0.6) is 0 Å². The molecule has 2 aliphatic rings. The van der Waals surface area contributed by atoms with Gasteiger partial charge < -0.3 is 5.32 Å². The van der Waals surface area contributed by atoms with Gasteiger partial charge in [0.05, 0.1) is 28.8 Å². The maximum absolute atomic E-state index is 14.0. The molecule has 7 heteroatoms. The van der Waals surface area contributed by atoms with Gasteiger partial charge in [-0.1, -0.05) is 56.3 Å². The van der Waals surface area contributed by atoms with E-state index in [9.17, 15) is 19.7 Å². The lowest BCUT2D eigenvalue weighted by Gasteiger charge is -2.37. The molecule has 182 valence electrons. The summed E-state index contributed by atoms with van der Waals surface area (Å²) < 4.78 is 0. The molecule has 3 aromatic rings. The molecule has 7 nitrogen and oxygen atoms in total. The highest BCUT2D eigenvalue weighted by Gasteiger charge is 2.43. The van der Waals surface area contributed by atoms with Crippen molar-refractivity contribution in [2.24, 2.45) is 5.41 Å². The number of non-ortho nitro benzene ring substituents is 1. The van der Waals surface area contributed by atoms with Crippen molar-refractivity contribution in [3.8, 4) is 0 Å². The van der Waals surface area contributed by atoms with E-state index >= 15 is 0 Å². The van der Waals surface area contributed by atoms with Gasteiger partial charge in [-0.15, -0.1) is 0 Å². The molecule has 0 saturated heterocycles. The second-order valence-corrected chi connectivity index (χ2v) is 10.2. The number of nitrogens with one attached hydrogen (secondary N) is 1. The van der Waals surface area contributed by atoms with Gasteiger partial charge in [-0.05, 0) is 47.2 Å². The summed E-state index contributed by atoms with van der Waals surface area (Å²) in [6, 6.07) is 22.5. The molecule has 1 aliphatic heterocycles. The minimum absolute atomic E-state index is 0.0255. The molecule has 0 saturated carbocycles. The van der Waals surface area contributed by atoms with Crippen LogP contribution in [-0.2, 0) is 16.0 Å². The molecule has 0 fully saturated rings. The zero-order valence-corrected chi connectivity index (χ0v) is 20.2. The standard InChI is InChI=1S/C29H27N3O4/c1-29(2)17-23-27(25(33)18-29)28(20-12-14-21(15-13-20)32(35)36)31(24-11-7-6-10-22(24)30-23)26(34)16-19-8-4-3-5-9-19/h3-15,28,30H,16-18H2,1-2H3/t28-/m0/s1. The maximum Gasteiger partial charge on any atom is 0.269 e. The lowest BCUT2D eigenvalue weighted by atomic mass is 9.73. The van der Waals surface area contributed by atoms with Crippen LogP contribution in [0.1, 0.15) is 43.9 Å². The fraction of sp³-hybridized carbons (Fsp3) is 0.241. The molecular weight excluding hydrogens is 454 g/mol. The summed E-state index contributed by atoms with van der Waals surface area (Å²) in [7, 11) is 0. The van der Waals surface area contributed by atoms with Crippen molar-refractivity contribution in [1.29, 1.82) is 0 Å². The van der Waals surface area contributed by atoms with Gasteiger partial charge in [0.25, 0.3) is 5.69 Å². The number of hydrogen-bond donors (Lipinski definition) is 1. The number of para-hydroxylation sites is 2. The van der Waals surface area contributed by atoms with Gasteiger partial charge in [0.15, 0.2) is 5.78 Å². The Bertz CT molecular complexity index is 1380. The van der Waals surface area contributed by atoms with Crippen molar-refractivity contribution in [2.45, 2.75) is 39.2 Å². The first-order valence-corrected chi connectivity index (χ1v) is 12.0. The van der Waals surface area contributed by atoms with Crippen LogP contribution in [0.25, 0.3) is 0 Å². The van der Waals surface area contributed by atoms with Crippen LogP contribution in [0.3, 0.4) is 0 Å². The van der Waals surface area contributed by atoms with Gasteiger partial charge in [-0.25, -0.2) is 0 Å². The number of ketones is 1. The second-order valence-electron chi connectivity index (χ2n) is 10.2. The SMILES string of the molecule is CC1(C)CC(=O)C2=C(C1)Nc1ccccc1N(C(=O)Cc1ccccc1)[C@H]2c1ccc([N+](=O)[O-])cc1. The summed E-state index contributed by atoms with van der Waals surface area (Å²) in [5, 5.41) is 14.8. The minimum atomic E-state index is -0.711. The minimum Gasteiger partial charge on any atom is -0.357 e. The summed E-state index contributed by atoms with van der Waals surface area (Å²) >= 11 is 0. The average Bonchev–Trinajstić information content (AvgIpc) is 2.98. The maximum atomic E-state index is 14.0. The number of hydrogen-bond acceptors (Lipinski definition) is 5. The Morgan fingerprint density at radius 3 is 2.36 bits per heavy atom. The van der Waals surface area contributed by atoms with Crippen LogP contribution < -0.4 is 10.2 Å². The molecule has 0 aromatic heterocycles. The first-order valence-electron chi connectivity index (χ1n) is 12.0. The van der Waals surface area contributed by atoms with E-state index in [0.29, 0.717) is 29.7 Å². The number of carbonyl (C=O) groups excluding carboxylic acids is 2. The van der Waals surface area contributed by atoms with Crippen LogP contribution in [0, 0.1) is 15.5 Å². The van der Waals surface area contributed by atoms with E-state index < -0.39 is 11.0 Å². The van der Waals surface area contributed by atoms with E-state index in [1.165, 1.54) is 12.1 Å². The molecule has 0 radical (unpaired) electrons. The number of amides is 1. The fourth-order valence-corrected chi connectivity index (χ4v) is 5.21. The normalized spacial score (nSPS) is 18.6. The van der Waals surface area contributed by atoms with Crippen molar-refractivity contribution in [2.75, 3.05) is 10.2 Å². The van der Waals surface area contributed by atoms with Crippen LogP contribution in [0.2, 0.25) is 0 Å². The molecule has 1 amide bonds. The van der Waals surface area contributed by atoms with E-state index in [4.69, 9.17) is 0 Å². The Kier molecular flexibility index (Phi) is 5.92. The molecule has 1 atom stereocenters. The summed E-state index contributed by atoms with van der Waals surface area (Å²) in [5.41, 5.74) is 4.00. The van der Waals surface area contributed by atoms with Gasteiger partial charge in [-0.3, -0.25) is 24.6 Å². The van der Waals surface area contributed by atoms with Crippen molar-refractivity contribution in [1.82, 2.24) is 0 Å². The van der Waals surface area contributed by atoms with Gasteiger partial charge in [-0.2, -0.15) is 0 Å². The van der Waals surface area contributed by atoms with Gasteiger partial charge in [0, 0.05) is 29.8 Å². The van der Waals surface area contributed by atoms with Crippen molar-refractivity contribution in [3.05, 3.63) is 111 Å². The molecule has 1 aliphatic carbocycles. The highest BCUT2D eigenvalue weighted by molar-refractivity contribution is 6.06. The zero-order valence-electron chi connectivity index (χ0n) is 20.2. The number of anilines is 2. The first-order chi connectivity index (χ1) is 17.2. The number of benzene rings is 3. The molecule has 5 rings (SSSR count). The number of allylic oxidation sites excluding steroid dienone is 1. The van der Waals surface area contributed by atoms with E-state index in [2.05, 4.69) is 19.2 Å². The Balaban J connectivity index is 1.72. The molecule has 1 heterocycles. The van der Waals surface area contributed by atoms with Gasteiger partial charge in [0.1, 0.15) is 0 Å². The predicted octanol–water partition coefficient (Wildman–Crippen LogP) is 5.98. The molecule has 0 spiro atoms. The Labute approximate surface area is 209 Å². The van der Waals surface area contributed by atoms with Crippen LogP contribution in [0.15, 0.2) is 90.1 Å². The number of rotatable bonds is 4. The van der Waals surface area contributed by atoms with E-state index in [1.54, 1.807) is 17.0 Å². The summed E-state index contributed by atoms with van der Waals surface area (Å²) in [4.78, 5) is 40.2. The summed E-state index contributed by atoms with van der Waals surface area (Å²) in [6.45, 7) is 4.12. The fourth-order valence-electron chi connectivity index (χ4n) is 5.21. The largest absolute Gasteiger partial charge is 0.357 e. The number of fused-ring (bicyclic) bond motifs is 1. The van der Waals surface area contributed by atoms with Crippen molar-refractivity contribution < 1.29 is 14.5 Å². The quantitative estimate of drug-likeness (QED) is 0.365. The Hall–Kier alpha value is -4.26. The van der Waals surface area contributed by atoms with E-state index in [0.717, 1.165) is 16.9 Å². The van der Waals surface area contributed by atoms with Gasteiger partial charge >= 0.3 is 0 Å². The van der Waals surface area contributed by atoms with Gasteiger partial charge in [0.2, 0.25) is 5.91 Å². The third-order valence-electron chi connectivity index (χ3n) is 6.79. The van der Waals surface area contributed by atoms with Crippen molar-refractivity contribution >= 4 is 28.8 Å². The third kappa shape index (κ3) is 4.40. The lowest BCUT2D eigenvalue weighted by Crippen LogP contribution is -2.40. The first kappa shape index (κ1) is 23.5. The third-order valence-corrected chi connectivity index (χ3v) is 6.79. The van der Waals surface area contributed by atoms with Crippen LogP contribution in [0.4, 0.5) is 17.1 Å². The van der Waals surface area contributed by atoms with Crippen molar-refractivity contribution in [3.63, 3.8) is 0 Å². The van der Waals surface area contributed by atoms with E-state index in [-0.39, 0.29) is 29.2 Å². The highest BCUT2D eigenvalue weighted by atomic mass is 16.6. The Morgan fingerprint density at radius 2 is 1.67 bits per heavy atom. The smallest absolute Gasteiger partial charge is 0.269 e. The molecular formula is C29H27N3O4. The number of nitro groups is 1. The monoisotopic (exact) mass is 481 g/mol. The van der Waals surface area contributed by atoms with Crippen LogP contribution in [-0.4, -0.2) is 16.6 Å². The topological polar surface area (TPSA) is 92.6 Å². The Morgan fingerprint density at radius 1 is 1.00 bits per heavy atom. The zero-order chi connectivity index (χ0) is 25.4. The second kappa shape index (κ2) is 9.07. The number of carbonyl (C=O) groups is 2. The number of nitro benzene ring substituents is 1. The summed E-state index contributed by atoms with van der Waals surface area (Å²) in [5.74, 6) is -0.187. The number of nitrogens with zero attached hydrogens (tertiary/aromatic N) is 2.